The summed E-state index contributed by atoms with van der Waals surface area (Å²) in [4.78, 5) is 4.01. The van der Waals surface area contributed by atoms with E-state index >= 15 is 0 Å². The lowest BCUT2D eigenvalue weighted by atomic mass is 9.48. The predicted octanol–water partition coefficient (Wildman–Crippen LogP) is 4.17. The van der Waals surface area contributed by atoms with Gasteiger partial charge in [0, 0.05) is 6.04 Å². The van der Waals surface area contributed by atoms with Gasteiger partial charge in [-0.15, -0.1) is 0 Å². The molecule has 0 radical (unpaired) electrons. The average molecular weight is 380 g/mol. The fourth-order valence-corrected chi connectivity index (χ4v) is 5.80. The van der Waals surface area contributed by atoms with Crippen molar-refractivity contribution in [1.29, 1.82) is 10.5 Å². The number of nitrogens with zero attached hydrogens (tertiary/aromatic N) is 3. The van der Waals surface area contributed by atoms with Crippen molar-refractivity contribution < 1.29 is 9.13 Å². The van der Waals surface area contributed by atoms with Crippen molar-refractivity contribution in [3.8, 4) is 18.0 Å². The molecule has 0 aromatic heterocycles. The Labute approximate surface area is 165 Å². The molecule has 28 heavy (non-hydrogen) atoms. The van der Waals surface area contributed by atoms with Gasteiger partial charge in [0.2, 0.25) is 6.19 Å². The maximum absolute atomic E-state index is 14.1. The minimum atomic E-state index is -0.987. The largest absolute Gasteiger partial charge is 0.477 e. The monoisotopic (exact) mass is 380 g/mol. The van der Waals surface area contributed by atoms with E-state index in [0.717, 1.165) is 32.1 Å². The Morgan fingerprint density at radius 2 is 1.89 bits per heavy atom. The molecule has 4 saturated carbocycles. The van der Waals surface area contributed by atoms with Gasteiger partial charge < -0.3 is 10.1 Å². The number of hydrogen-bond donors (Lipinski definition) is 1. The van der Waals surface area contributed by atoms with Crippen LogP contribution >= 0.6 is 0 Å². The van der Waals surface area contributed by atoms with E-state index in [2.05, 4.69) is 16.4 Å². The van der Waals surface area contributed by atoms with Crippen molar-refractivity contribution in [1.82, 2.24) is 5.32 Å². The molecule has 1 N–H and O–H groups in total. The Bertz CT molecular complexity index is 865. The van der Waals surface area contributed by atoms with Crippen LogP contribution in [-0.4, -0.2) is 17.5 Å². The van der Waals surface area contributed by atoms with Crippen molar-refractivity contribution in [3.63, 3.8) is 0 Å². The van der Waals surface area contributed by atoms with Gasteiger partial charge in [-0.05, 0) is 75.8 Å². The number of hydrogen-bond acceptors (Lipinski definition) is 4. The molecule has 2 atom stereocenters. The smallest absolute Gasteiger partial charge is 0.207 e. The lowest BCUT2D eigenvalue weighted by molar-refractivity contribution is -0.0429. The van der Waals surface area contributed by atoms with Crippen LogP contribution in [0.3, 0.4) is 0 Å². The maximum Gasteiger partial charge on any atom is 0.207 e. The van der Waals surface area contributed by atoms with Crippen LogP contribution in [-0.2, 0) is 0 Å². The summed E-state index contributed by atoms with van der Waals surface area (Å²) in [5.74, 6) is 1.54. The second-order valence-electron chi connectivity index (χ2n) is 9.14. The number of para-hydroxylation sites is 1. The quantitative estimate of drug-likeness (QED) is 0.483. The fourth-order valence-electron chi connectivity index (χ4n) is 5.80. The second-order valence-corrected chi connectivity index (χ2v) is 9.14. The lowest BCUT2D eigenvalue weighted by Crippen LogP contribution is -2.61. The van der Waals surface area contributed by atoms with Gasteiger partial charge >= 0.3 is 0 Å². The Balaban J connectivity index is 1.55. The van der Waals surface area contributed by atoms with E-state index < -0.39 is 11.4 Å². The number of halogens is 1. The van der Waals surface area contributed by atoms with Crippen LogP contribution in [0.5, 0.6) is 5.75 Å². The summed E-state index contributed by atoms with van der Waals surface area (Å²) in [6.45, 7) is 3.57. The summed E-state index contributed by atoms with van der Waals surface area (Å²) < 4.78 is 20.0. The van der Waals surface area contributed by atoms with Crippen LogP contribution in [0.1, 0.15) is 46.0 Å². The van der Waals surface area contributed by atoms with Crippen LogP contribution < -0.4 is 10.1 Å². The van der Waals surface area contributed by atoms with E-state index in [1.807, 2.05) is 6.19 Å². The van der Waals surface area contributed by atoms with Gasteiger partial charge in [-0.2, -0.15) is 15.5 Å². The van der Waals surface area contributed by atoms with E-state index in [9.17, 15) is 14.9 Å². The Hall–Kier alpha value is -2.60. The third kappa shape index (κ3) is 3.22. The van der Waals surface area contributed by atoms with Gasteiger partial charge in [-0.25, -0.2) is 4.39 Å². The Kier molecular flexibility index (Phi) is 4.54. The molecule has 6 heteroatoms. The molecule has 0 spiro atoms. The third-order valence-corrected chi connectivity index (χ3v) is 6.75. The van der Waals surface area contributed by atoms with Crippen LogP contribution in [0.2, 0.25) is 0 Å². The van der Waals surface area contributed by atoms with E-state index in [1.54, 1.807) is 32.0 Å². The molecular formula is C22H25FN4O. The van der Waals surface area contributed by atoms with Crippen molar-refractivity contribution >= 4 is 5.84 Å². The zero-order chi connectivity index (χ0) is 19.9. The maximum atomic E-state index is 14.1. The van der Waals surface area contributed by atoms with E-state index in [-0.39, 0.29) is 17.2 Å². The molecule has 4 bridgehead atoms. The van der Waals surface area contributed by atoms with Crippen molar-refractivity contribution in [2.75, 3.05) is 0 Å². The number of ether oxygens (including phenoxy) is 1. The summed E-state index contributed by atoms with van der Waals surface area (Å²) in [6, 6.07) is 9.01. The summed E-state index contributed by atoms with van der Waals surface area (Å²) in [5, 5.41) is 22.4. The number of rotatable bonds is 4. The predicted molar refractivity (Wildman–Crippen MR) is 103 cm³/mol. The fraction of sp³-hybridized carbons (Fsp3) is 0.591. The highest BCUT2D eigenvalue weighted by atomic mass is 19.1. The van der Waals surface area contributed by atoms with Crippen LogP contribution in [0.4, 0.5) is 4.39 Å². The Morgan fingerprint density at radius 3 is 2.50 bits per heavy atom. The molecule has 5 rings (SSSR count). The molecule has 4 aliphatic carbocycles. The third-order valence-electron chi connectivity index (χ3n) is 6.75. The zero-order valence-corrected chi connectivity index (χ0v) is 16.3. The molecule has 2 unspecified atom stereocenters. The molecule has 4 fully saturated rings. The molecule has 0 saturated heterocycles. The standard InChI is InChI=1S/C22H25FN4O/c1-21(2,28-18-6-4-3-5-17(18)23)20(26-13-25)27-19-15-7-14-8-16(19)11-22(9-14,10-15)12-24/h3-6,14-16,19H,7-11H2,1-2H3,(H,26,27). The van der Waals surface area contributed by atoms with E-state index in [1.165, 1.54) is 6.07 Å². The van der Waals surface area contributed by atoms with Crippen molar-refractivity contribution in [2.45, 2.75) is 57.6 Å². The van der Waals surface area contributed by atoms with Gasteiger partial charge in [0.15, 0.2) is 23.0 Å². The van der Waals surface area contributed by atoms with Crippen LogP contribution in [0.15, 0.2) is 29.3 Å². The Morgan fingerprint density at radius 1 is 1.21 bits per heavy atom. The molecule has 5 nitrogen and oxygen atoms in total. The average Bonchev–Trinajstić information content (AvgIpc) is 2.65. The second kappa shape index (κ2) is 6.78. The number of aliphatic imine (C=N–C) groups is 1. The highest BCUT2D eigenvalue weighted by Gasteiger charge is 2.56. The van der Waals surface area contributed by atoms with Gasteiger partial charge in [0.25, 0.3) is 0 Å². The zero-order valence-electron chi connectivity index (χ0n) is 16.3. The number of nitrogens with one attached hydrogen (secondary N) is 1. The first-order valence-electron chi connectivity index (χ1n) is 9.94. The summed E-state index contributed by atoms with van der Waals surface area (Å²) in [7, 11) is 0. The molecule has 0 aliphatic heterocycles. The summed E-state index contributed by atoms with van der Waals surface area (Å²) in [6.07, 6.45) is 6.94. The molecular weight excluding hydrogens is 355 g/mol. The summed E-state index contributed by atoms with van der Waals surface area (Å²) in [5.41, 5.74) is -1.15. The normalized spacial score (nSPS) is 33.8. The molecule has 1 aromatic carbocycles. The highest BCUT2D eigenvalue weighted by molar-refractivity contribution is 5.91. The first-order chi connectivity index (χ1) is 13.4. The summed E-state index contributed by atoms with van der Waals surface area (Å²) >= 11 is 0. The first-order valence-corrected chi connectivity index (χ1v) is 9.94. The number of amidine groups is 1. The number of benzene rings is 1. The minimum Gasteiger partial charge on any atom is -0.477 e. The topological polar surface area (TPSA) is 81.2 Å². The SMILES string of the molecule is CC(C)(Oc1ccccc1F)/C(=N\C#N)NC1C2CC3CC1CC(C#N)(C3)C2. The van der Waals surface area contributed by atoms with Crippen molar-refractivity contribution in [2.24, 2.45) is 28.2 Å². The molecule has 146 valence electrons. The minimum absolute atomic E-state index is 0.133. The number of nitriles is 2. The molecule has 1 aromatic rings. The van der Waals surface area contributed by atoms with Gasteiger partial charge in [-0.3, -0.25) is 0 Å². The van der Waals surface area contributed by atoms with E-state index in [4.69, 9.17) is 4.74 Å². The van der Waals surface area contributed by atoms with Crippen LogP contribution in [0, 0.1) is 51.8 Å². The van der Waals surface area contributed by atoms with Gasteiger partial charge in [0.05, 0.1) is 11.5 Å². The van der Waals surface area contributed by atoms with Gasteiger partial charge in [0.1, 0.15) is 0 Å². The lowest BCUT2D eigenvalue weighted by Gasteiger charge is -2.58. The van der Waals surface area contributed by atoms with E-state index in [0.29, 0.717) is 23.6 Å². The molecule has 4 aliphatic rings. The van der Waals surface area contributed by atoms with Gasteiger partial charge in [-0.1, -0.05) is 12.1 Å². The van der Waals surface area contributed by atoms with Crippen LogP contribution in [0.25, 0.3) is 0 Å². The molecule has 0 heterocycles. The molecule has 0 amide bonds. The van der Waals surface area contributed by atoms with Crippen molar-refractivity contribution in [3.05, 3.63) is 30.1 Å². The first kappa shape index (κ1) is 18.7. The highest BCUT2D eigenvalue weighted by Crippen LogP contribution is 2.59.